The lowest BCUT2D eigenvalue weighted by atomic mass is 10.1. The molecule has 0 bridgehead atoms. The molecule has 3 saturated heterocycles. The van der Waals surface area contributed by atoms with Crippen molar-refractivity contribution in [2.75, 3.05) is 13.2 Å². The normalized spacial score (nSPS) is 43.5. The van der Waals surface area contributed by atoms with Crippen LogP contribution in [0.1, 0.15) is 5.56 Å². The summed E-state index contributed by atoms with van der Waals surface area (Å²) >= 11 is 0. The number of hydrogen-bond donors (Lipinski definition) is 3. The van der Waals surface area contributed by atoms with Crippen LogP contribution in [0.3, 0.4) is 0 Å². The van der Waals surface area contributed by atoms with Crippen molar-refractivity contribution in [2.24, 2.45) is 0 Å². The summed E-state index contributed by atoms with van der Waals surface area (Å²) in [6.07, 6.45) is -6.10. The summed E-state index contributed by atoms with van der Waals surface area (Å²) in [6, 6.07) is 9.78. The van der Waals surface area contributed by atoms with Gasteiger partial charge in [-0.05, 0) is 5.56 Å². The third-order valence-electron chi connectivity index (χ3n) is 4.64. The van der Waals surface area contributed by atoms with Crippen LogP contribution < -0.4 is 0 Å². The lowest BCUT2D eigenvalue weighted by Crippen LogP contribution is -2.55. The van der Waals surface area contributed by atoms with Crippen molar-refractivity contribution < 1.29 is 39.0 Å². The number of epoxide rings is 1. The fourth-order valence-electron chi connectivity index (χ4n) is 3.12. The van der Waals surface area contributed by atoms with Crippen molar-refractivity contribution in [3.8, 4) is 0 Å². The molecule has 0 radical (unpaired) electrons. The maximum Gasteiger partial charge on any atom is 0.186 e. The summed E-state index contributed by atoms with van der Waals surface area (Å²) in [5.74, 6) is 0. The van der Waals surface area contributed by atoms with E-state index in [1.54, 1.807) is 0 Å². The molecule has 0 amide bonds. The van der Waals surface area contributed by atoms with E-state index in [1.165, 1.54) is 0 Å². The molecule has 3 fully saturated rings. The first kappa shape index (κ1) is 17.3. The average Bonchev–Trinajstić information content (AvgIpc) is 3.43. The van der Waals surface area contributed by atoms with Crippen molar-refractivity contribution in [1.82, 2.24) is 0 Å². The van der Waals surface area contributed by atoms with Crippen LogP contribution in [0.5, 0.6) is 0 Å². The van der Waals surface area contributed by atoms with E-state index in [0.717, 1.165) is 5.56 Å². The number of aliphatic hydroxyl groups is 3. The smallest absolute Gasteiger partial charge is 0.186 e. The molecule has 0 aromatic heterocycles. The fourth-order valence-corrected chi connectivity index (χ4v) is 3.12. The molecule has 4 rings (SSSR count). The van der Waals surface area contributed by atoms with Crippen LogP contribution in [0.4, 0.5) is 0 Å². The summed E-state index contributed by atoms with van der Waals surface area (Å²) in [6.45, 7) is 0.554. The van der Waals surface area contributed by atoms with Crippen LogP contribution in [0, 0.1) is 0 Å². The summed E-state index contributed by atoms with van der Waals surface area (Å²) in [4.78, 5) is 0. The molecule has 8 atom stereocenters. The molecule has 1 aromatic carbocycles. The summed E-state index contributed by atoms with van der Waals surface area (Å²) in [5, 5.41) is 29.1. The van der Waals surface area contributed by atoms with E-state index >= 15 is 0 Å². The van der Waals surface area contributed by atoms with Crippen LogP contribution in [0.25, 0.3) is 0 Å². The first-order valence-electron chi connectivity index (χ1n) is 8.37. The average molecular weight is 354 g/mol. The van der Waals surface area contributed by atoms with E-state index in [0.29, 0.717) is 6.61 Å². The Morgan fingerprint density at radius 1 is 0.920 bits per heavy atom. The van der Waals surface area contributed by atoms with Crippen molar-refractivity contribution in [3.63, 3.8) is 0 Å². The van der Waals surface area contributed by atoms with Crippen molar-refractivity contribution in [2.45, 2.75) is 55.8 Å². The van der Waals surface area contributed by atoms with Gasteiger partial charge in [-0.1, -0.05) is 30.3 Å². The first-order chi connectivity index (χ1) is 12.1. The second-order valence-corrected chi connectivity index (χ2v) is 6.49. The molecule has 3 heterocycles. The molecule has 3 aliphatic rings. The van der Waals surface area contributed by atoms with Gasteiger partial charge in [-0.2, -0.15) is 0 Å². The lowest BCUT2D eigenvalue weighted by molar-refractivity contribution is -0.294. The van der Waals surface area contributed by atoms with Gasteiger partial charge in [0.25, 0.3) is 0 Å². The number of benzene rings is 1. The Kier molecular flexibility index (Phi) is 5.03. The molecule has 138 valence electrons. The number of hydrogen-bond acceptors (Lipinski definition) is 8. The highest BCUT2D eigenvalue weighted by molar-refractivity contribution is 5.13. The topological polar surface area (TPSA) is 110 Å². The molecular formula is C17H22O8. The van der Waals surface area contributed by atoms with Gasteiger partial charge in [-0.25, -0.2) is 0 Å². The first-order valence-corrected chi connectivity index (χ1v) is 8.37. The maximum absolute atomic E-state index is 9.93. The van der Waals surface area contributed by atoms with E-state index in [-0.39, 0.29) is 25.4 Å². The number of fused-ring (bicyclic) bond motifs is 1. The summed E-state index contributed by atoms with van der Waals surface area (Å²) < 4.78 is 27.9. The van der Waals surface area contributed by atoms with E-state index in [9.17, 15) is 15.3 Å². The van der Waals surface area contributed by atoms with Gasteiger partial charge in [-0.15, -0.1) is 0 Å². The van der Waals surface area contributed by atoms with E-state index in [1.807, 2.05) is 30.3 Å². The second-order valence-electron chi connectivity index (χ2n) is 6.49. The highest BCUT2D eigenvalue weighted by atomic mass is 16.8. The van der Waals surface area contributed by atoms with E-state index in [2.05, 4.69) is 0 Å². The number of aliphatic hydroxyl groups excluding tert-OH is 3. The SMILES string of the molecule is O[C@@H]1[C@@H](O)[C@H](O[C@@H]2CO[C@@H](OCc3ccccc3)[C@@H]3O[C@@H]32)OC[C@H]1O. The van der Waals surface area contributed by atoms with Crippen molar-refractivity contribution in [3.05, 3.63) is 35.9 Å². The minimum atomic E-state index is -1.33. The van der Waals surface area contributed by atoms with Crippen LogP contribution in [0.15, 0.2) is 30.3 Å². The third-order valence-corrected chi connectivity index (χ3v) is 4.64. The van der Waals surface area contributed by atoms with Gasteiger partial charge >= 0.3 is 0 Å². The Bertz CT molecular complexity index is 569. The molecule has 3 aliphatic heterocycles. The van der Waals surface area contributed by atoms with Gasteiger partial charge < -0.3 is 39.0 Å². The third kappa shape index (κ3) is 3.71. The Balaban J connectivity index is 1.26. The second kappa shape index (κ2) is 7.26. The standard InChI is InChI=1S/C17H22O8/c18-10-7-22-16(13(20)12(10)19)24-11-8-23-17(15-14(11)25-15)21-6-9-4-2-1-3-5-9/h1-5,10-20H,6-8H2/t10-,11-,12+,13-,14-,15-,16+,17-/m1/s1. The molecule has 0 saturated carbocycles. The van der Waals surface area contributed by atoms with Gasteiger partial charge in [0.1, 0.15) is 36.6 Å². The Labute approximate surface area is 144 Å². The Morgan fingerprint density at radius 3 is 2.48 bits per heavy atom. The molecular weight excluding hydrogens is 332 g/mol. The molecule has 8 nitrogen and oxygen atoms in total. The Morgan fingerprint density at radius 2 is 1.68 bits per heavy atom. The molecule has 0 aliphatic carbocycles. The van der Waals surface area contributed by atoms with Gasteiger partial charge in [0.15, 0.2) is 12.6 Å². The van der Waals surface area contributed by atoms with Crippen LogP contribution in [0.2, 0.25) is 0 Å². The van der Waals surface area contributed by atoms with Crippen molar-refractivity contribution >= 4 is 0 Å². The zero-order chi connectivity index (χ0) is 17.4. The maximum atomic E-state index is 9.93. The zero-order valence-electron chi connectivity index (χ0n) is 13.5. The lowest BCUT2D eigenvalue weighted by Gasteiger charge is -2.37. The predicted octanol–water partition coefficient (Wildman–Crippen LogP) is -0.849. The minimum absolute atomic E-state index is 0.103. The summed E-state index contributed by atoms with van der Waals surface area (Å²) in [7, 11) is 0. The van der Waals surface area contributed by atoms with Crippen LogP contribution >= 0.6 is 0 Å². The van der Waals surface area contributed by atoms with Gasteiger partial charge in [0.2, 0.25) is 0 Å². The van der Waals surface area contributed by atoms with E-state index in [4.69, 9.17) is 23.7 Å². The van der Waals surface area contributed by atoms with Gasteiger partial charge in [-0.3, -0.25) is 0 Å². The zero-order valence-corrected chi connectivity index (χ0v) is 13.5. The number of ether oxygens (including phenoxy) is 5. The molecule has 8 heteroatoms. The monoisotopic (exact) mass is 354 g/mol. The van der Waals surface area contributed by atoms with Gasteiger partial charge in [0, 0.05) is 0 Å². The molecule has 1 aromatic rings. The molecule has 3 N–H and O–H groups in total. The summed E-state index contributed by atoms with van der Waals surface area (Å²) in [5.41, 5.74) is 1.05. The Hall–Kier alpha value is -1.10. The predicted molar refractivity (Wildman–Crippen MR) is 82.3 cm³/mol. The number of rotatable bonds is 5. The highest BCUT2D eigenvalue weighted by Crippen LogP contribution is 2.38. The molecule has 25 heavy (non-hydrogen) atoms. The van der Waals surface area contributed by atoms with Gasteiger partial charge in [0.05, 0.1) is 19.8 Å². The van der Waals surface area contributed by atoms with Crippen molar-refractivity contribution in [1.29, 1.82) is 0 Å². The fraction of sp³-hybridized carbons (Fsp3) is 0.647. The van der Waals surface area contributed by atoms with Crippen LogP contribution in [-0.4, -0.2) is 77.7 Å². The molecule has 0 unspecified atom stereocenters. The largest absolute Gasteiger partial charge is 0.388 e. The van der Waals surface area contributed by atoms with E-state index < -0.39 is 37.0 Å². The molecule has 0 spiro atoms. The minimum Gasteiger partial charge on any atom is -0.388 e. The highest BCUT2D eigenvalue weighted by Gasteiger charge is 2.56. The quantitative estimate of drug-likeness (QED) is 0.587. The van der Waals surface area contributed by atoms with Crippen LogP contribution in [-0.2, 0) is 30.3 Å².